The molecule has 4 heteroatoms. The van der Waals surface area contributed by atoms with E-state index in [0.29, 0.717) is 11.9 Å². The minimum Gasteiger partial charge on any atom is -0.325 e. The second kappa shape index (κ2) is 7.42. The van der Waals surface area contributed by atoms with Crippen LogP contribution in [0, 0.1) is 0 Å². The highest BCUT2D eigenvalue weighted by Gasteiger charge is 2.15. The lowest BCUT2D eigenvalue weighted by Gasteiger charge is -2.20. The second-order valence-electron chi connectivity index (χ2n) is 7.93. The highest BCUT2D eigenvalue weighted by molar-refractivity contribution is 5.77. The number of aromatic nitrogens is 2. The molecule has 0 bridgehead atoms. The first-order valence-electron chi connectivity index (χ1n) is 9.27. The molecule has 0 amide bonds. The Balaban J connectivity index is 1.77. The lowest BCUT2D eigenvalue weighted by Crippen LogP contribution is -3.09. The number of nitrogens with one attached hydrogen (secondary N) is 2. The molecule has 0 saturated carbocycles. The summed E-state index contributed by atoms with van der Waals surface area (Å²) in [6.45, 7) is 11.4. The van der Waals surface area contributed by atoms with Crippen molar-refractivity contribution in [1.29, 1.82) is 0 Å². The Morgan fingerprint density at radius 3 is 2.35 bits per heavy atom. The molecule has 136 valence electrons. The van der Waals surface area contributed by atoms with Gasteiger partial charge in [-0.25, -0.2) is 4.98 Å². The van der Waals surface area contributed by atoms with Gasteiger partial charge in [0.15, 0.2) is 5.82 Å². The Hall–Kier alpha value is -2.46. The van der Waals surface area contributed by atoms with Gasteiger partial charge in [-0.15, -0.1) is 0 Å². The quantitative estimate of drug-likeness (QED) is 0.743. The Kier molecular flexibility index (Phi) is 5.23. The standard InChI is InChI=1S/C22H27N3O/c1-5-25(14-16-10-12-17(13-11-16)22(2,3)4)15-20-23-19-9-7-6-8-18(19)21(26)24-20/h6-13H,5,14-15H2,1-4H3,(H,23,24,26)/p+1. The summed E-state index contributed by atoms with van der Waals surface area (Å²) in [5.41, 5.74) is 3.52. The van der Waals surface area contributed by atoms with E-state index in [4.69, 9.17) is 0 Å². The largest absolute Gasteiger partial charge is 0.325 e. The molecule has 2 aromatic carbocycles. The molecule has 0 spiro atoms. The van der Waals surface area contributed by atoms with Crippen molar-refractivity contribution in [2.24, 2.45) is 0 Å². The molecule has 1 unspecified atom stereocenters. The molecular weight excluding hydrogens is 322 g/mol. The van der Waals surface area contributed by atoms with E-state index in [1.54, 1.807) is 0 Å². The van der Waals surface area contributed by atoms with Crippen molar-refractivity contribution < 1.29 is 4.90 Å². The maximum atomic E-state index is 12.3. The van der Waals surface area contributed by atoms with Crippen molar-refractivity contribution in [1.82, 2.24) is 9.97 Å². The van der Waals surface area contributed by atoms with Crippen LogP contribution in [0.2, 0.25) is 0 Å². The van der Waals surface area contributed by atoms with Crippen molar-refractivity contribution in [3.05, 3.63) is 75.8 Å². The molecule has 1 heterocycles. The first-order valence-corrected chi connectivity index (χ1v) is 9.27. The minimum atomic E-state index is -0.0596. The van der Waals surface area contributed by atoms with Crippen LogP contribution in [-0.2, 0) is 18.5 Å². The van der Waals surface area contributed by atoms with E-state index in [2.05, 4.69) is 61.9 Å². The number of quaternary nitrogens is 1. The summed E-state index contributed by atoms with van der Waals surface area (Å²) in [5.74, 6) is 0.747. The summed E-state index contributed by atoms with van der Waals surface area (Å²) in [6, 6.07) is 16.4. The predicted octanol–water partition coefficient (Wildman–Crippen LogP) is 2.83. The highest BCUT2D eigenvalue weighted by atomic mass is 16.1. The summed E-state index contributed by atoms with van der Waals surface area (Å²) in [4.78, 5) is 21.2. The van der Waals surface area contributed by atoms with Crippen LogP contribution in [0.3, 0.4) is 0 Å². The Bertz CT molecular complexity index is 936. The van der Waals surface area contributed by atoms with Gasteiger partial charge in [0.25, 0.3) is 5.56 Å². The molecule has 0 fully saturated rings. The zero-order valence-electron chi connectivity index (χ0n) is 16.1. The van der Waals surface area contributed by atoms with Gasteiger partial charge in [0.1, 0.15) is 13.1 Å². The summed E-state index contributed by atoms with van der Waals surface area (Å²) in [5, 5.41) is 0.645. The molecule has 0 saturated heterocycles. The van der Waals surface area contributed by atoms with Gasteiger partial charge in [0, 0.05) is 5.56 Å². The van der Waals surface area contributed by atoms with Gasteiger partial charge in [0.2, 0.25) is 0 Å². The third kappa shape index (κ3) is 4.20. The molecule has 4 nitrogen and oxygen atoms in total. The molecular formula is C22H28N3O+. The first-order chi connectivity index (χ1) is 12.4. The topological polar surface area (TPSA) is 50.2 Å². The summed E-state index contributed by atoms with van der Waals surface area (Å²) < 4.78 is 0. The van der Waals surface area contributed by atoms with Gasteiger partial charge in [-0.1, -0.05) is 57.2 Å². The minimum absolute atomic E-state index is 0.0596. The normalized spacial score (nSPS) is 13.1. The molecule has 3 aromatic rings. The van der Waals surface area contributed by atoms with Gasteiger partial charge in [-0.05, 0) is 30.0 Å². The van der Waals surface area contributed by atoms with Crippen molar-refractivity contribution in [2.75, 3.05) is 6.54 Å². The number of rotatable bonds is 5. The number of nitrogens with zero attached hydrogens (tertiary/aromatic N) is 1. The lowest BCUT2D eigenvalue weighted by molar-refractivity contribution is -0.926. The van der Waals surface area contributed by atoms with Gasteiger partial charge < -0.3 is 9.88 Å². The maximum absolute atomic E-state index is 12.3. The van der Waals surface area contributed by atoms with Crippen LogP contribution in [0.5, 0.6) is 0 Å². The third-order valence-corrected chi connectivity index (χ3v) is 4.85. The SMILES string of the molecule is CC[NH+](Cc1ccc(C(C)(C)C)cc1)Cc1nc2ccccc2c(=O)[nH]1. The predicted molar refractivity (Wildman–Crippen MR) is 106 cm³/mol. The smallest absolute Gasteiger partial charge is 0.258 e. The lowest BCUT2D eigenvalue weighted by atomic mass is 9.87. The van der Waals surface area contributed by atoms with Crippen LogP contribution in [0.25, 0.3) is 10.9 Å². The molecule has 3 rings (SSSR count). The summed E-state index contributed by atoms with van der Waals surface area (Å²) in [6.07, 6.45) is 0. The molecule has 0 aliphatic heterocycles. The zero-order valence-corrected chi connectivity index (χ0v) is 16.1. The molecule has 2 N–H and O–H groups in total. The molecule has 0 aliphatic rings. The molecule has 26 heavy (non-hydrogen) atoms. The second-order valence-corrected chi connectivity index (χ2v) is 7.93. The Labute approximate surface area is 154 Å². The molecule has 1 aromatic heterocycles. The fraction of sp³-hybridized carbons (Fsp3) is 0.364. The Morgan fingerprint density at radius 1 is 1.00 bits per heavy atom. The number of H-pyrrole nitrogens is 1. The fourth-order valence-electron chi connectivity index (χ4n) is 3.18. The van der Waals surface area contributed by atoms with Crippen LogP contribution in [0.15, 0.2) is 53.3 Å². The van der Waals surface area contributed by atoms with Crippen molar-refractivity contribution in [2.45, 2.75) is 46.2 Å². The number of hydrogen-bond acceptors (Lipinski definition) is 2. The van der Waals surface area contributed by atoms with E-state index >= 15 is 0 Å². The third-order valence-electron chi connectivity index (χ3n) is 4.85. The van der Waals surface area contributed by atoms with Crippen LogP contribution in [0.4, 0.5) is 0 Å². The molecule has 1 atom stereocenters. The maximum Gasteiger partial charge on any atom is 0.258 e. The number of fused-ring (bicyclic) bond motifs is 1. The molecule has 0 aliphatic carbocycles. The Morgan fingerprint density at radius 2 is 1.69 bits per heavy atom. The number of hydrogen-bond donors (Lipinski definition) is 2. The van der Waals surface area contributed by atoms with Crippen molar-refractivity contribution in [3.63, 3.8) is 0 Å². The fourth-order valence-corrected chi connectivity index (χ4v) is 3.18. The summed E-state index contributed by atoms with van der Waals surface area (Å²) in [7, 11) is 0. The summed E-state index contributed by atoms with van der Waals surface area (Å²) >= 11 is 0. The first kappa shape index (κ1) is 18.3. The average Bonchev–Trinajstić information content (AvgIpc) is 2.61. The van der Waals surface area contributed by atoms with Gasteiger partial charge in [-0.3, -0.25) is 4.79 Å². The van der Waals surface area contributed by atoms with E-state index in [0.717, 1.165) is 24.4 Å². The van der Waals surface area contributed by atoms with Crippen molar-refractivity contribution in [3.8, 4) is 0 Å². The number of aromatic amines is 1. The average molecular weight is 350 g/mol. The monoisotopic (exact) mass is 350 g/mol. The van der Waals surface area contributed by atoms with E-state index < -0.39 is 0 Å². The number of benzene rings is 2. The van der Waals surface area contributed by atoms with E-state index in [9.17, 15) is 4.79 Å². The highest BCUT2D eigenvalue weighted by Crippen LogP contribution is 2.21. The van der Waals surface area contributed by atoms with Gasteiger partial charge in [-0.2, -0.15) is 0 Å². The van der Waals surface area contributed by atoms with Crippen LogP contribution in [-0.4, -0.2) is 16.5 Å². The van der Waals surface area contributed by atoms with E-state index in [1.165, 1.54) is 16.0 Å². The van der Waals surface area contributed by atoms with Gasteiger partial charge >= 0.3 is 0 Å². The van der Waals surface area contributed by atoms with Crippen LogP contribution in [0.1, 0.15) is 44.6 Å². The zero-order chi connectivity index (χ0) is 18.7. The van der Waals surface area contributed by atoms with Crippen LogP contribution < -0.4 is 10.5 Å². The van der Waals surface area contributed by atoms with E-state index in [1.807, 2.05) is 24.3 Å². The molecule has 0 radical (unpaired) electrons. The van der Waals surface area contributed by atoms with E-state index in [-0.39, 0.29) is 11.0 Å². The van der Waals surface area contributed by atoms with Gasteiger partial charge in [0.05, 0.1) is 17.4 Å². The van der Waals surface area contributed by atoms with Crippen molar-refractivity contribution >= 4 is 10.9 Å². The number of para-hydroxylation sites is 1. The van der Waals surface area contributed by atoms with Crippen LogP contribution >= 0.6 is 0 Å².